The molecular weight excluding hydrogens is 293 g/mol. The Labute approximate surface area is 128 Å². The lowest BCUT2D eigenvalue weighted by Gasteiger charge is -2.22. The van der Waals surface area contributed by atoms with Crippen molar-refractivity contribution >= 4 is 29.2 Å². The number of aromatic nitrogens is 3. The average molecular weight is 310 g/mol. The molecule has 0 amide bonds. The summed E-state index contributed by atoms with van der Waals surface area (Å²) in [5, 5.41) is 0.135. The van der Waals surface area contributed by atoms with Crippen LogP contribution in [0.1, 0.15) is 13.8 Å². The summed E-state index contributed by atoms with van der Waals surface area (Å²) >= 11 is 5.99. The first kappa shape index (κ1) is 15.4. The molecule has 2 aromatic rings. The standard InChI is InChI=1S/C14H17ClFN5/c1-4-21(5-2)14-18-12(15)17-13(19-14)20(3)11-8-6-10(16)7-9-11/h6-9H,4-5H2,1-3H3. The molecule has 0 saturated carbocycles. The molecule has 5 nitrogen and oxygen atoms in total. The number of anilines is 3. The number of benzene rings is 1. The summed E-state index contributed by atoms with van der Waals surface area (Å²) in [4.78, 5) is 16.4. The summed E-state index contributed by atoms with van der Waals surface area (Å²) in [7, 11) is 1.80. The van der Waals surface area contributed by atoms with Crippen LogP contribution in [0.3, 0.4) is 0 Å². The summed E-state index contributed by atoms with van der Waals surface area (Å²) in [5.74, 6) is 0.664. The van der Waals surface area contributed by atoms with Gasteiger partial charge in [-0.15, -0.1) is 0 Å². The minimum Gasteiger partial charge on any atom is -0.341 e. The number of halogens is 2. The molecule has 0 radical (unpaired) electrons. The van der Waals surface area contributed by atoms with Crippen LogP contribution in [0.5, 0.6) is 0 Å². The van der Waals surface area contributed by atoms with Crippen LogP contribution in [-0.4, -0.2) is 35.1 Å². The van der Waals surface area contributed by atoms with Gasteiger partial charge in [-0.3, -0.25) is 0 Å². The Morgan fingerprint density at radius 1 is 1.00 bits per heavy atom. The fourth-order valence-electron chi connectivity index (χ4n) is 1.91. The van der Waals surface area contributed by atoms with Crippen LogP contribution in [0.15, 0.2) is 24.3 Å². The van der Waals surface area contributed by atoms with E-state index in [1.54, 1.807) is 24.1 Å². The van der Waals surface area contributed by atoms with Gasteiger partial charge in [-0.05, 0) is 49.7 Å². The zero-order chi connectivity index (χ0) is 15.4. The van der Waals surface area contributed by atoms with Crippen LogP contribution in [-0.2, 0) is 0 Å². The molecule has 0 spiro atoms. The van der Waals surface area contributed by atoms with Crippen molar-refractivity contribution in [3.8, 4) is 0 Å². The second-order valence-corrected chi connectivity index (χ2v) is 4.75. The molecule has 0 fully saturated rings. The van der Waals surface area contributed by atoms with Gasteiger partial charge in [0.1, 0.15) is 5.82 Å². The Kier molecular flexibility index (Phi) is 4.90. The molecule has 0 saturated heterocycles. The highest BCUT2D eigenvalue weighted by Crippen LogP contribution is 2.23. The van der Waals surface area contributed by atoms with Gasteiger partial charge in [-0.1, -0.05) is 0 Å². The van der Waals surface area contributed by atoms with Crippen LogP contribution >= 0.6 is 11.6 Å². The quantitative estimate of drug-likeness (QED) is 0.848. The van der Waals surface area contributed by atoms with Crippen LogP contribution in [0.4, 0.5) is 22.0 Å². The third-order valence-electron chi connectivity index (χ3n) is 3.14. The lowest BCUT2D eigenvalue weighted by molar-refractivity contribution is 0.628. The number of nitrogens with zero attached hydrogens (tertiary/aromatic N) is 5. The molecule has 0 N–H and O–H groups in total. The first-order valence-corrected chi connectivity index (χ1v) is 7.08. The van der Waals surface area contributed by atoms with Gasteiger partial charge in [0.2, 0.25) is 17.2 Å². The molecule has 0 unspecified atom stereocenters. The molecule has 1 aromatic heterocycles. The first-order valence-electron chi connectivity index (χ1n) is 6.71. The van der Waals surface area contributed by atoms with E-state index in [2.05, 4.69) is 15.0 Å². The molecule has 1 aromatic carbocycles. The van der Waals surface area contributed by atoms with Crippen molar-refractivity contribution in [1.29, 1.82) is 0 Å². The maximum absolute atomic E-state index is 13.0. The molecule has 1 heterocycles. The van der Waals surface area contributed by atoms with Crippen molar-refractivity contribution in [1.82, 2.24) is 15.0 Å². The number of hydrogen-bond donors (Lipinski definition) is 0. The van der Waals surface area contributed by atoms with Crippen molar-refractivity contribution < 1.29 is 4.39 Å². The Hall–Kier alpha value is -1.95. The van der Waals surface area contributed by atoms with Crippen molar-refractivity contribution in [3.05, 3.63) is 35.4 Å². The fraction of sp³-hybridized carbons (Fsp3) is 0.357. The number of rotatable bonds is 5. The molecule has 0 bridgehead atoms. The summed E-state index contributed by atoms with van der Waals surface area (Å²) < 4.78 is 13.0. The van der Waals surface area contributed by atoms with Gasteiger partial charge in [0.15, 0.2) is 0 Å². The maximum Gasteiger partial charge on any atom is 0.235 e. The highest BCUT2D eigenvalue weighted by atomic mass is 35.5. The van der Waals surface area contributed by atoms with E-state index in [1.807, 2.05) is 18.7 Å². The minimum atomic E-state index is -0.287. The lowest BCUT2D eigenvalue weighted by atomic mass is 10.3. The van der Waals surface area contributed by atoms with Crippen molar-refractivity contribution in [3.63, 3.8) is 0 Å². The van der Waals surface area contributed by atoms with E-state index in [1.165, 1.54) is 12.1 Å². The van der Waals surface area contributed by atoms with Gasteiger partial charge < -0.3 is 9.80 Å². The largest absolute Gasteiger partial charge is 0.341 e. The Balaban J connectivity index is 2.36. The minimum absolute atomic E-state index is 0.135. The number of hydrogen-bond acceptors (Lipinski definition) is 5. The average Bonchev–Trinajstić information content (AvgIpc) is 2.48. The van der Waals surface area contributed by atoms with E-state index >= 15 is 0 Å². The molecule has 2 rings (SSSR count). The van der Waals surface area contributed by atoms with Gasteiger partial charge >= 0.3 is 0 Å². The van der Waals surface area contributed by atoms with E-state index in [4.69, 9.17) is 11.6 Å². The Bertz CT molecular complexity index is 601. The van der Waals surface area contributed by atoms with Gasteiger partial charge in [-0.2, -0.15) is 15.0 Å². The van der Waals surface area contributed by atoms with Gasteiger partial charge in [0.25, 0.3) is 0 Å². The summed E-state index contributed by atoms with van der Waals surface area (Å²) in [6, 6.07) is 6.09. The second kappa shape index (κ2) is 6.67. The third kappa shape index (κ3) is 3.58. The van der Waals surface area contributed by atoms with E-state index in [-0.39, 0.29) is 11.1 Å². The van der Waals surface area contributed by atoms with Crippen molar-refractivity contribution in [2.75, 3.05) is 29.9 Å². The molecule has 0 aliphatic carbocycles. The Morgan fingerprint density at radius 2 is 1.57 bits per heavy atom. The van der Waals surface area contributed by atoms with Crippen molar-refractivity contribution in [2.45, 2.75) is 13.8 Å². The van der Waals surface area contributed by atoms with E-state index in [9.17, 15) is 4.39 Å². The predicted octanol–water partition coefficient (Wildman–Crippen LogP) is 3.28. The third-order valence-corrected chi connectivity index (χ3v) is 3.31. The van der Waals surface area contributed by atoms with E-state index in [0.717, 1.165) is 18.8 Å². The van der Waals surface area contributed by atoms with E-state index < -0.39 is 0 Å². The lowest BCUT2D eigenvalue weighted by Crippen LogP contribution is -2.25. The van der Waals surface area contributed by atoms with Crippen LogP contribution < -0.4 is 9.80 Å². The zero-order valence-electron chi connectivity index (χ0n) is 12.2. The molecule has 7 heteroatoms. The smallest absolute Gasteiger partial charge is 0.235 e. The predicted molar refractivity (Wildman–Crippen MR) is 82.9 cm³/mol. The molecule has 0 atom stereocenters. The van der Waals surface area contributed by atoms with E-state index in [0.29, 0.717) is 11.9 Å². The first-order chi connectivity index (χ1) is 10.0. The molecule has 112 valence electrons. The highest BCUT2D eigenvalue weighted by Gasteiger charge is 2.14. The molecule has 21 heavy (non-hydrogen) atoms. The summed E-state index contributed by atoms with van der Waals surface area (Å²) in [6.07, 6.45) is 0. The molecule has 0 aliphatic heterocycles. The fourth-order valence-corrected chi connectivity index (χ4v) is 2.06. The molecular formula is C14H17ClFN5. The SMILES string of the molecule is CCN(CC)c1nc(Cl)nc(N(C)c2ccc(F)cc2)n1. The monoisotopic (exact) mass is 309 g/mol. The maximum atomic E-state index is 13.0. The topological polar surface area (TPSA) is 45.2 Å². The van der Waals surface area contributed by atoms with Crippen LogP contribution in [0, 0.1) is 5.82 Å². The summed E-state index contributed by atoms with van der Waals surface area (Å²) in [6.45, 7) is 5.59. The zero-order valence-corrected chi connectivity index (χ0v) is 13.0. The van der Waals surface area contributed by atoms with Gasteiger partial charge in [0.05, 0.1) is 0 Å². The van der Waals surface area contributed by atoms with Gasteiger partial charge in [0, 0.05) is 25.8 Å². The molecule has 0 aliphatic rings. The van der Waals surface area contributed by atoms with Crippen LogP contribution in [0.2, 0.25) is 5.28 Å². The van der Waals surface area contributed by atoms with Crippen molar-refractivity contribution in [2.24, 2.45) is 0 Å². The highest BCUT2D eigenvalue weighted by molar-refractivity contribution is 6.28. The summed E-state index contributed by atoms with van der Waals surface area (Å²) in [5.41, 5.74) is 0.768. The Morgan fingerprint density at radius 3 is 2.14 bits per heavy atom. The van der Waals surface area contributed by atoms with Crippen LogP contribution in [0.25, 0.3) is 0 Å². The normalized spacial score (nSPS) is 10.5. The second-order valence-electron chi connectivity index (χ2n) is 4.41. The van der Waals surface area contributed by atoms with Gasteiger partial charge in [-0.25, -0.2) is 4.39 Å².